The van der Waals surface area contributed by atoms with Gasteiger partial charge >= 0.3 is 0 Å². The van der Waals surface area contributed by atoms with E-state index in [9.17, 15) is 0 Å². The van der Waals surface area contributed by atoms with Gasteiger partial charge in [0.15, 0.2) is 0 Å². The van der Waals surface area contributed by atoms with Crippen LogP contribution in [0.25, 0.3) is 0 Å². The van der Waals surface area contributed by atoms with Gasteiger partial charge in [-0.1, -0.05) is 22.0 Å². The molecule has 0 fully saturated rings. The lowest BCUT2D eigenvalue weighted by Gasteiger charge is -2.33. The lowest BCUT2D eigenvalue weighted by molar-refractivity contribution is 0.171. The van der Waals surface area contributed by atoms with E-state index in [-0.39, 0.29) is 5.54 Å². The van der Waals surface area contributed by atoms with Crippen LogP contribution in [0.2, 0.25) is 0 Å². The third-order valence-electron chi connectivity index (χ3n) is 2.75. The Labute approximate surface area is 106 Å². The number of aromatic nitrogens is 1. The van der Waals surface area contributed by atoms with Crippen molar-refractivity contribution in [3.05, 3.63) is 23.9 Å². The molecule has 1 heterocycles. The van der Waals surface area contributed by atoms with Gasteiger partial charge in [0.1, 0.15) is 0 Å². The van der Waals surface area contributed by atoms with Gasteiger partial charge in [0.25, 0.3) is 0 Å². The minimum Gasteiger partial charge on any atom is -0.481 e. The molecule has 0 unspecified atom stereocenters. The molecule has 0 aliphatic carbocycles. The average molecular weight is 287 g/mol. The van der Waals surface area contributed by atoms with Gasteiger partial charge in [-0.2, -0.15) is 0 Å². The summed E-state index contributed by atoms with van der Waals surface area (Å²) < 4.78 is 5.11. The molecule has 1 aromatic heterocycles. The maximum atomic E-state index is 5.11. The zero-order valence-corrected chi connectivity index (χ0v) is 11.9. The molecule has 4 heteroatoms. The quantitative estimate of drug-likeness (QED) is 0.779. The third-order valence-corrected chi connectivity index (χ3v) is 4.12. The third kappa shape index (κ3) is 3.46. The number of hydrogen-bond donors (Lipinski definition) is 0. The van der Waals surface area contributed by atoms with Crippen molar-refractivity contribution < 1.29 is 4.74 Å². The van der Waals surface area contributed by atoms with Crippen molar-refractivity contribution in [3.63, 3.8) is 0 Å². The molecule has 0 bridgehead atoms. The first kappa shape index (κ1) is 13.5. The molecule has 16 heavy (non-hydrogen) atoms. The topological polar surface area (TPSA) is 25.4 Å². The molecule has 0 radical (unpaired) electrons. The highest BCUT2D eigenvalue weighted by atomic mass is 79.9. The van der Waals surface area contributed by atoms with Crippen molar-refractivity contribution in [3.8, 4) is 5.88 Å². The smallest absolute Gasteiger partial charge is 0.213 e. The van der Waals surface area contributed by atoms with E-state index in [4.69, 9.17) is 4.74 Å². The maximum absolute atomic E-state index is 5.11. The molecular weight excluding hydrogens is 268 g/mol. The highest BCUT2D eigenvalue weighted by molar-refractivity contribution is 9.09. The second-order valence-corrected chi connectivity index (χ2v) is 5.03. The number of rotatable bonds is 5. The van der Waals surface area contributed by atoms with Gasteiger partial charge in [-0.05, 0) is 27.0 Å². The van der Waals surface area contributed by atoms with Crippen molar-refractivity contribution in [2.24, 2.45) is 0 Å². The van der Waals surface area contributed by atoms with E-state index in [0.717, 1.165) is 17.6 Å². The van der Waals surface area contributed by atoms with Gasteiger partial charge in [-0.15, -0.1) is 0 Å². The Balaban J connectivity index is 2.72. The van der Waals surface area contributed by atoms with E-state index in [1.807, 2.05) is 18.2 Å². The molecule has 0 N–H and O–H groups in total. The van der Waals surface area contributed by atoms with Crippen molar-refractivity contribution in [2.45, 2.75) is 25.9 Å². The first-order valence-electron chi connectivity index (χ1n) is 5.27. The van der Waals surface area contributed by atoms with E-state index in [1.54, 1.807) is 7.11 Å². The van der Waals surface area contributed by atoms with Crippen molar-refractivity contribution in [2.75, 3.05) is 19.5 Å². The van der Waals surface area contributed by atoms with Crippen LogP contribution < -0.4 is 4.74 Å². The van der Waals surface area contributed by atoms with Gasteiger partial charge in [0, 0.05) is 23.5 Å². The van der Waals surface area contributed by atoms with E-state index in [1.165, 1.54) is 0 Å². The number of ether oxygens (including phenoxy) is 1. The minimum atomic E-state index is 0.116. The monoisotopic (exact) mass is 286 g/mol. The molecule has 0 saturated heterocycles. The summed E-state index contributed by atoms with van der Waals surface area (Å²) in [7, 11) is 3.74. The van der Waals surface area contributed by atoms with E-state index in [2.05, 4.69) is 46.7 Å². The van der Waals surface area contributed by atoms with Crippen LogP contribution in [0.3, 0.4) is 0 Å². The Morgan fingerprint density at radius 1 is 1.44 bits per heavy atom. The first-order chi connectivity index (χ1) is 7.49. The van der Waals surface area contributed by atoms with Crippen LogP contribution in [0.4, 0.5) is 0 Å². The van der Waals surface area contributed by atoms with E-state index < -0.39 is 0 Å². The Morgan fingerprint density at radius 2 is 2.12 bits per heavy atom. The number of nitrogens with zero attached hydrogens (tertiary/aromatic N) is 2. The normalized spacial score (nSPS) is 11.9. The summed E-state index contributed by atoms with van der Waals surface area (Å²) >= 11 is 3.53. The van der Waals surface area contributed by atoms with Crippen LogP contribution in [0.1, 0.15) is 19.5 Å². The summed E-state index contributed by atoms with van der Waals surface area (Å²) in [6.07, 6.45) is 0. The zero-order chi connectivity index (χ0) is 12.2. The Bertz CT molecular complexity index is 342. The fourth-order valence-corrected chi connectivity index (χ4v) is 1.65. The fourth-order valence-electron chi connectivity index (χ4n) is 1.22. The summed E-state index contributed by atoms with van der Waals surface area (Å²) in [5.74, 6) is 0.669. The molecule has 0 saturated carbocycles. The first-order valence-corrected chi connectivity index (χ1v) is 6.39. The largest absolute Gasteiger partial charge is 0.481 e. The van der Waals surface area contributed by atoms with Crippen LogP contribution in [-0.4, -0.2) is 34.9 Å². The number of alkyl halides is 1. The molecule has 0 aromatic carbocycles. The highest BCUT2D eigenvalue weighted by Gasteiger charge is 2.22. The second kappa shape index (κ2) is 5.64. The molecule has 3 nitrogen and oxygen atoms in total. The van der Waals surface area contributed by atoms with Gasteiger partial charge < -0.3 is 4.74 Å². The summed E-state index contributed by atoms with van der Waals surface area (Å²) in [5, 5.41) is 0.931. The molecule has 0 aliphatic heterocycles. The Morgan fingerprint density at radius 3 is 2.69 bits per heavy atom. The standard InChI is InChI=1S/C12H19BrN2O/c1-12(2,9-13)15(3)8-10-6-5-7-11(14-10)16-4/h5-7H,8-9H2,1-4H3. The molecule has 1 rings (SSSR count). The van der Waals surface area contributed by atoms with Crippen LogP contribution in [-0.2, 0) is 6.54 Å². The molecule has 1 aromatic rings. The molecule has 0 amide bonds. The van der Waals surface area contributed by atoms with E-state index >= 15 is 0 Å². The SMILES string of the molecule is COc1cccc(CN(C)C(C)(C)CBr)n1. The molecule has 0 aliphatic rings. The number of halogens is 1. The molecular formula is C12H19BrN2O. The van der Waals surface area contributed by atoms with Crippen LogP contribution in [0, 0.1) is 0 Å². The van der Waals surface area contributed by atoms with Crippen LogP contribution in [0.15, 0.2) is 18.2 Å². The molecule has 0 atom stereocenters. The van der Waals surface area contributed by atoms with Gasteiger partial charge in [-0.3, -0.25) is 4.90 Å². The van der Waals surface area contributed by atoms with Crippen LogP contribution in [0.5, 0.6) is 5.88 Å². The second-order valence-electron chi connectivity index (χ2n) is 4.47. The van der Waals surface area contributed by atoms with Gasteiger partial charge in [-0.25, -0.2) is 4.98 Å². The Kier molecular flexibility index (Phi) is 4.74. The summed E-state index contributed by atoms with van der Waals surface area (Å²) in [6, 6.07) is 5.85. The number of hydrogen-bond acceptors (Lipinski definition) is 3. The maximum Gasteiger partial charge on any atom is 0.213 e. The molecule has 90 valence electrons. The summed E-state index contributed by atoms with van der Waals surface area (Å²) in [6.45, 7) is 5.21. The fraction of sp³-hybridized carbons (Fsp3) is 0.583. The van der Waals surface area contributed by atoms with Gasteiger partial charge in [0.05, 0.1) is 12.8 Å². The summed E-state index contributed by atoms with van der Waals surface area (Å²) in [4.78, 5) is 6.67. The average Bonchev–Trinajstić information content (AvgIpc) is 2.29. The predicted molar refractivity (Wildman–Crippen MR) is 70.1 cm³/mol. The van der Waals surface area contributed by atoms with Crippen molar-refractivity contribution >= 4 is 15.9 Å². The van der Waals surface area contributed by atoms with E-state index in [0.29, 0.717) is 5.88 Å². The minimum absolute atomic E-state index is 0.116. The Hall–Kier alpha value is -0.610. The van der Waals surface area contributed by atoms with Crippen molar-refractivity contribution in [1.82, 2.24) is 9.88 Å². The zero-order valence-electron chi connectivity index (χ0n) is 10.3. The lowest BCUT2D eigenvalue weighted by Crippen LogP contribution is -2.42. The van der Waals surface area contributed by atoms with Gasteiger partial charge in [0.2, 0.25) is 5.88 Å². The summed E-state index contributed by atoms with van der Waals surface area (Å²) in [5.41, 5.74) is 1.14. The number of methoxy groups -OCH3 is 1. The predicted octanol–water partition coefficient (Wildman–Crippen LogP) is 2.70. The number of pyridine rings is 1. The highest BCUT2D eigenvalue weighted by Crippen LogP contribution is 2.18. The van der Waals surface area contributed by atoms with Crippen molar-refractivity contribution in [1.29, 1.82) is 0 Å². The van der Waals surface area contributed by atoms with Crippen LogP contribution >= 0.6 is 15.9 Å². The molecule has 0 spiro atoms. The lowest BCUT2D eigenvalue weighted by atomic mass is 10.1.